The Morgan fingerprint density at radius 1 is 1.27 bits per heavy atom. The van der Waals surface area contributed by atoms with Crippen molar-refractivity contribution < 1.29 is 14.3 Å². The molecular weight excluding hydrogens is 382 g/mol. The highest BCUT2D eigenvalue weighted by Gasteiger charge is 2.32. The van der Waals surface area contributed by atoms with Gasteiger partial charge >= 0.3 is 0 Å². The molecule has 1 unspecified atom stereocenters. The first-order chi connectivity index (χ1) is 14.7. The number of rotatable bonds is 7. The van der Waals surface area contributed by atoms with E-state index >= 15 is 0 Å². The average Bonchev–Trinajstić information content (AvgIpc) is 3.25. The Labute approximate surface area is 177 Å². The van der Waals surface area contributed by atoms with Gasteiger partial charge in [-0.3, -0.25) is 9.69 Å². The molecule has 1 atom stereocenters. The van der Waals surface area contributed by atoms with E-state index in [4.69, 9.17) is 19.4 Å². The molecule has 2 fully saturated rings. The van der Waals surface area contributed by atoms with Gasteiger partial charge in [-0.2, -0.15) is 0 Å². The van der Waals surface area contributed by atoms with E-state index in [2.05, 4.69) is 10.2 Å². The number of carbonyl (C=O) groups excluding carboxylic acids is 1. The van der Waals surface area contributed by atoms with E-state index in [1.54, 1.807) is 0 Å². The lowest BCUT2D eigenvalue weighted by atomic mass is 10.2. The van der Waals surface area contributed by atoms with Crippen molar-refractivity contribution in [1.29, 1.82) is 0 Å². The van der Waals surface area contributed by atoms with Gasteiger partial charge in [0.15, 0.2) is 0 Å². The summed E-state index contributed by atoms with van der Waals surface area (Å²) < 4.78 is 11.0. The van der Waals surface area contributed by atoms with E-state index in [-0.39, 0.29) is 11.9 Å². The quantitative estimate of drug-likeness (QED) is 0.741. The molecule has 0 bridgehead atoms. The minimum absolute atomic E-state index is 0.0637. The maximum Gasteiger partial charge on any atom is 0.242 e. The summed E-state index contributed by atoms with van der Waals surface area (Å²) in [5, 5.41) is 4.09. The molecule has 0 spiro atoms. The van der Waals surface area contributed by atoms with Crippen molar-refractivity contribution in [2.45, 2.75) is 32.7 Å². The molecule has 2 aliphatic rings. The van der Waals surface area contributed by atoms with Gasteiger partial charge in [-0.25, -0.2) is 9.97 Å². The number of ether oxygens (including phenoxy) is 2. The average molecular weight is 414 g/mol. The number of aryl methyl sites for hydroxylation is 1. The zero-order valence-electron chi connectivity index (χ0n) is 17.9. The molecule has 4 rings (SSSR count). The van der Waals surface area contributed by atoms with Crippen LogP contribution in [0.1, 0.15) is 25.5 Å². The number of anilines is 1. The van der Waals surface area contributed by atoms with Gasteiger partial charge < -0.3 is 19.7 Å². The number of nitrogens with one attached hydrogen (secondary N) is 1. The molecule has 0 aliphatic carbocycles. The number of nitrogens with zero attached hydrogens (tertiary/aromatic N) is 4. The molecule has 2 aromatic rings. The van der Waals surface area contributed by atoms with Crippen molar-refractivity contribution in [3.8, 4) is 5.75 Å². The molecule has 8 heteroatoms. The first kappa shape index (κ1) is 20.8. The predicted octanol–water partition coefficient (Wildman–Crippen LogP) is 1.75. The number of amides is 1. The second kappa shape index (κ2) is 9.57. The van der Waals surface area contributed by atoms with E-state index in [1.165, 1.54) is 0 Å². The molecule has 1 aromatic heterocycles. The Balaban J connectivity index is 1.43. The number of aromatic nitrogens is 2. The fraction of sp³-hybridized carbons (Fsp3) is 0.591. The van der Waals surface area contributed by atoms with Gasteiger partial charge in [0, 0.05) is 38.1 Å². The zero-order chi connectivity index (χ0) is 20.9. The molecule has 30 heavy (non-hydrogen) atoms. The van der Waals surface area contributed by atoms with Gasteiger partial charge in [0.1, 0.15) is 11.8 Å². The lowest BCUT2D eigenvalue weighted by Crippen LogP contribution is -2.47. The summed E-state index contributed by atoms with van der Waals surface area (Å²) in [5.41, 5.74) is 1.77. The molecule has 2 aliphatic heterocycles. The number of fused-ring (bicyclic) bond motifs is 1. The van der Waals surface area contributed by atoms with Crippen LogP contribution < -0.4 is 15.0 Å². The van der Waals surface area contributed by atoms with E-state index in [9.17, 15) is 4.79 Å². The van der Waals surface area contributed by atoms with Crippen molar-refractivity contribution in [2.24, 2.45) is 0 Å². The van der Waals surface area contributed by atoms with Gasteiger partial charge in [-0.1, -0.05) is 0 Å². The van der Waals surface area contributed by atoms with Crippen molar-refractivity contribution in [1.82, 2.24) is 20.2 Å². The molecule has 162 valence electrons. The highest BCUT2D eigenvalue weighted by molar-refractivity contribution is 5.87. The topological polar surface area (TPSA) is 79.8 Å². The van der Waals surface area contributed by atoms with Gasteiger partial charge in [0.25, 0.3) is 0 Å². The number of hydrogen-bond donors (Lipinski definition) is 1. The molecule has 2 saturated heterocycles. The monoisotopic (exact) mass is 413 g/mol. The van der Waals surface area contributed by atoms with Crippen LogP contribution >= 0.6 is 0 Å². The van der Waals surface area contributed by atoms with Crippen molar-refractivity contribution in [3.05, 3.63) is 23.9 Å². The molecule has 0 saturated carbocycles. The van der Waals surface area contributed by atoms with Crippen LogP contribution in [-0.4, -0.2) is 79.4 Å². The molecule has 1 N–H and O–H groups in total. The summed E-state index contributed by atoms with van der Waals surface area (Å²) in [5.74, 6) is 1.52. The minimum atomic E-state index is -0.214. The Morgan fingerprint density at radius 2 is 2.10 bits per heavy atom. The van der Waals surface area contributed by atoms with Crippen LogP contribution in [0, 0.1) is 6.92 Å². The van der Waals surface area contributed by atoms with Crippen LogP contribution in [0.5, 0.6) is 5.75 Å². The largest absolute Gasteiger partial charge is 0.494 e. The third-order valence-corrected chi connectivity index (χ3v) is 5.80. The van der Waals surface area contributed by atoms with Gasteiger partial charge in [-0.05, 0) is 44.9 Å². The highest BCUT2D eigenvalue weighted by Crippen LogP contribution is 2.27. The van der Waals surface area contributed by atoms with E-state index in [1.807, 2.05) is 36.9 Å². The molecule has 1 aromatic carbocycles. The van der Waals surface area contributed by atoms with Crippen LogP contribution in [0.25, 0.3) is 10.9 Å². The lowest BCUT2D eigenvalue weighted by Gasteiger charge is -2.27. The molecular formula is C22H31N5O3. The second-order valence-corrected chi connectivity index (χ2v) is 7.82. The van der Waals surface area contributed by atoms with Crippen molar-refractivity contribution in [2.75, 3.05) is 57.4 Å². The summed E-state index contributed by atoms with van der Waals surface area (Å²) in [7, 11) is 0. The standard InChI is InChI=1S/C22H31N5O3/c1-3-30-17-6-7-19-18(15-17)16(2)24-22(25-19)27-9-4-5-20(27)21(28)23-8-10-26-11-13-29-14-12-26/h6-7,15,20H,3-5,8-14H2,1-2H3,(H,23,28). The summed E-state index contributed by atoms with van der Waals surface area (Å²) in [4.78, 5) is 26.7. The summed E-state index contributed by atoms with van der Waals surface area (Å²) in [6.45, 7) is 10.3. The van der Waals surface area contributed by atoms with Gasteiger partial charge in [0.2, 0.25) is 11.9 Å². The number of hydrogen-bond acceptors (Lipinski definition) is 7. The fourth-order valence-electron chi connectivity index (χ4n) is 4.19. The van der Waals surface area contributed by atoms with E-state index in [0.717, 1.165) is 74.6 Å². The van der Waals surface area contributed by atoms with Crippen LogP contribution in [0.3, 0.4) is 0 Å². The van der Waals surface area contributed by atoms with Crippen LogP contribution in [0.4, 0.5) is 5.95 Å². The maximum atomic E-state index is 12.9. The Bertz CT molecular complexity index is 884. The van der Waals surface area contributed by atoms with E-state index < -0.39 is 0 Å². The summed E-state index contributed by atoms with van der Waals surface area (Å²) >= 11 is 0. The first-order valence-electron chi connectivity index (χ1n) is 10.9. The second-order valence-electron chi connectivity index (χ2n) is 7.82. The molecule has 1 amide bonds. The number of benzene rings is 1. The SMILES string of the molecule is CCOc1ccc2nc(N3CCCC3C(=O)NCCN3CCOCC3)nc(C)c2c1. The van der Waals surface area contributed by atoms with Crippen LogP contribution in [0.15, 0.2) is 18.2 Å². The Morgan fingerprint density at radius 3 is 2.90 bits per heavy atom. The first-order valence-corrected chi connectivity index (χ1v) is 10.9. The van der Waals surface area contributed by atoms with Crippen molar-refractivity contribution >= 4 is 22.8 Å². The highest BCUT2D eigenvalue weighted by atomic mass is 16.5. The van der Waals surface area contributed by atoms with Gasteiger partial charge in [-0.15, -0.1) is 0 Å². The summed E-state index contributed by atoms with van der Waals surface area (Å²) in [6, 6.07) is 5.67. The van der Waals surface area contributed by atoms with Crippen LogP contribution in [0.2, 0.25) is 0 Å². The number of morpholine rings is 1. The third kappa shape index (κ3) is 4.65. The van der Waals surface area contributed by atoms with Crippen LogP contribution in [-0.2, 0) is 9.53 Å². The smallest absolute Gasteiger partial charge is 0.242 e. The summed E-state index contributed by atoms with van der Waals surface area (Å²) in [6.07, 6.45) is 1.79. The number of carbonyl (C=O) groups is 1. The maximum absolute atomic E-state index is 12.9. The predicted molar refractivity (Wildman–Crippen MR) is 116 cm³/mol. The molecule has 3 heterocycles. The molecule has 0 radical (unpaired) electrons. The third-order valence-electron chi connectivity index (χ3n) is 5.80. The van der Waals surface area contributed by atoms with E-state index in [0.29, 0.717) is 19.1 Å². The van der Waals surface area contributed by atoms with Gasteiger partial charge in [0.05, 0.1) is 31.0 Å². The Hall–Kier alpha value is -2.45. The van der Waals surface area contributed by atoms with Crippen molar-refractivity contribution in [3.63, 3.8) is 0 Å². The zero-order valence-corrected chi connectivity index (χ0v) is 17.9. The Kier molecular flexibility index (Phi) is 6.64. The molecule has 8 nitrogen and oxygen atoms in total. The normalized spacial score (nSPS) is 19.9. The fourth-order valence-corrected chi connectivity index (χ4v) is 4.19. The lowest BCUT2D eigenvalue weighted by molar-refractivity contribution is -0.122. The minimum Gasteiger partial charge on any atom is -0.494 e.